The Balaban J connectivity index is 2.40. The molecule has 5 heteroatoms. The highest BCUT2D eigenvalue weighted by molar-refractivity contribution is 7.92. The Morgan fingerprint density at radius 1 is 1.29 bits per heavy atom. The molecule has 1 atom stereocenters. The van der Waals surface area contributed by atoms with Gasteiger partial charge in [-0.1, -0.05) is 30.3 Å². The number of rotatable bonds is 5. The summed E-state index contributed by atoms with van der Waals surface area (Å²) < 4.78 is 22.3. The van der Waals surface area contributed by atoms with Crippen molar-refractivity contribution in [1.82, 2.24) is 5.32 Å². The van der Waals surface area contributed by atoms with Crippen LogP contribution in [0.3, 0.4) is 0 Å². The maximum atomic E-state index is 11.5. The highest BCUT2D eigenvalue weighted by Crippen LogP contribution is 2.00. The Labute approximate surface area is 102 Å². The second-order valence-electron chi connectivity index (χ2n) is 4.00. The van der Waals surface area contributed by atoms with E-state index in [1.54, 1.807) is 0 Å². The number of sulfone groups is 1. The van der Waals surface area contributed by atoms with Crippen molar-refractivity contribution in [3.63, 3.8) is 0 Å². The predicted molar refractivity (Wildman–Crippen MR) is 67.5 cm³/mol. The number of hydrogen-bond donors (Lipinski definition) is 1. The standard InChI is InChI=1S/C12H17NO3S/c1-10(17(2,15)16)12(14)13-9-8-11-6-4-3-5-7-11/h3-7,10H,8-9H2,1-2H3,(H,13,14)/t10-/m0/s1. The zero-order valence-electron chi connectivity index (χ0n) is 10.0. The molecule has 0 aliphatic heterocycles. The summed E-state index contributed by atoms with van der Waals surface area (Å²) in [4.78, 5) is 11.5. The van der Waals surface area contributed by atoms with Crippen LogP contribution < -0.4 is 5.32 Å². The van der Waals surface area contributed by atoms with Crippen molar-refractivity contribution in [1.29, 1.82) is 0 Å². The smallest absolute Gasteiger partial charge is 0.238 e. The molecule has 1 aromatic rings. The van der Waals surface area contributed by atoms with Crippen LogP contribution in [0, 0.1) is 0 Å². The molecule has 17 heavy (non-hydrogen) atoms. The third-order valence-electron chi connectivity index (χ3n) is 2.57. The average molecular weight is 255 g/mol. The third-order valence-corrected chi connectivity index (χ3v) is 4.07. The summed E-state index contributed by atoms with van der Waals surface area (Å²) in [6, 6.07) is 9.71. The molecular weight excluding hydrogens is 238 g/mol. The highest BCUT2D eigenvalue weighted by atomic mass is 32.2. The summed E-state index contributed by atoms with van der Waals surface area (Å²) in [6.45, 7) is 1.84. The summed E-state index contributed by atoms with van der Waals surface area (Å²) in [7, 11) is -3.31. The van der Waals surface area contributed by atoms with Crippen molar-refractivity contribution in [2.24, 2.45) is 0 Å². The molecule has 0 aliphatic rings. The lowest BCUT2D eigenvalue weighted by molar-refractivity contribution is -0.120. The van der Waals surface area contributed by atoms with E-state index in [0.29, 0.717) is 13.0 Å². The quantitative estimate of drug-likeness (QED) is 0.845. The van der Waals surface area contributed by atoms with Gasteiger partial charge in [-0.25, -0.2) is 8.42 Å². The van der Waals surface area contributed by atoms with Crippen LogP contribution >= 0.6 is 0 Å². The van der Waals surface area contributed by atoms with Crippen LogP contribution in [-0.2, 0) is 21.1 Å². The zero-order valence-corrected chi connectivity index (χ0v) is 10.8. The van der Waals surface area contributed by atoms with E-state index in [4.69, 9.17) is 0 Å². The minimum absolute atomic E-state index is 0.441. The zero-order chi connectivity index (χ0) is 12.9. The first-order valence-electron chi connectivity index (χ1n) is 5.42. The molecule has 0 aliphatic carbocycles. The van der Waals surface area contributed by atoms with E-state index in [9.17, 15) is 13.2 Å². The number of nitrogens with one attached hydrogen (secondary N) is 1. The van der Waals surface area contributed by atoms with Crippen LogP contribution in [0.1, 0.15) is 12.5 Å². The number of carbonyl (C=O) groups excluding carboxylic acids is 1. The molecule has 1 aromatic carbocycles. The van der Waals surface area contributed by atoms with E-state index >= 15 is 0 Å². The molecule has 0 saturated heterocycles. The van der Waals surface area contributed by atoms with Crippen molar-refractivity contribution >= 4 is 15.7 Å². The fourth-order valence-electron chi connectivity index (χ4n) is 1.31. The highest BCUT2D eigenvalue weighted by Gasteiger charge is 2.22. The topological polar surface area (TPSA) is 63.2 Å². The van der Waals surface area contributed by atoms with Crippen LogP contribution in [0.25, 0.3) is 0 Å². The van der Waals surface area contributed by atoms with Crippen LogP contribution in [0.2, 0.25) is 0 Å². The van der Waals surface area contributed by atoms with E-state index in [0.717, 1.165) is 11.8 Å². The predicted octanol–water partition coefficient (Wildman–Crippen LogP) is 0.778. The maximum absolute atomic E-state index is 11.5. The van der Waals surface area contributed by atoms with Crippen LogP contribution in [0.5, 0.6) is 0 Å². The van der Waals surface area contributed by atoms with Gasteiger partial charge in [-0.05, 0) is 18.9 Å². The van der Waals surface area contributed by atoms with Gasteiger partial charge in [0.1, 0.15) is 5.25 Å². The van der Waals surface area contributed by atoms with Crippen molar-refractivity contribution in [3.05, 3.63) is 35.9 Å². The molecule has 0 unspecified atom stereocenters. The van der Waals surface area contributed by atoms with Crippen molar-refractivity contribution in [3.8, 4) is 0 Å². The molecule has 0 fully saturated rings. The molecule has 0 saturated carbocycles. The summed E-state index contributed by atoms with van der Waals surface area (Å²) in [6.07, 6.45) is 1.76. The van der Waals surface area contributed by atoms with Gasteiger partial charge in [0.25, 0.3) is 0 Å². The Morgan fingerprint density at radius 3 is 2.41 bits per heavy atom. The van der Waals surface area contributed by atoms with Gasteiger partial charge in [-0.2, -0.15) is 0 Å². The van der Waals surface area contributed by atoms with Gasteiger partial charge in [0.2, 0.25) is 5.91 Å². The lowest BCUT2D eigenvalue weighted by Gasteiger charge is -2.10. The van der Waals surface area contributed by atoms with Gasteiger partial charge in [0, 0.05) is 12.8 Å². The summed E-state index contributed by atoms with van der Waals surface area (Å²) in [5.74, 6) is -0.441. The first kappa shape index (κ1) is 13.7. The summed E-state index contributed by atoms with van der Waals surface area (Å²) >= 11 is 0. The second kappa shape index (κ2) is 5.82. The number of hydrogen-bond acceptors (Lipinski definition) is 3. The number of benzene rings is 1. The van der Waals surface area contributed by atoms with Crippen molar-refractivity contribution < 1.29 is 13.2 Å². The molecule has 1 rings (SSSR count). The molecule has 0 spiro atoms. The monoisotopic (exact) mass is 255 g/mol. The molecule has 0 radical (unpaired) electrons. The molecule has 1 amide bonds. The first-order valence-corrected chi connectivity index (χ1v) is 7.37. The minimum atomic E-state index is -3.31. The van der Waals surface area contributed by atoms with Gasteiger partial charge >= 0.3 is 0 Å². The molecule has 0 heterocycles. The van der Waals surface area contributed by atoms with Crippen molar-refractivity contribution in [2.45, 2.75) is 18.6 Å². The van der Waals surface area contributed by atoms with E-state index in [-0.39, 0.29) is 0 Å². The Morgan fingerprint density at radius 2 is 1.88 bits per heavy atom. The average Bonchev–Trinajstić information content (AvgIpc) is 2.28. The van der Waals surface area contributed by atoms with Crippen LogP contribution in [0.15, 0.2) is 30.3 Å². The van der Waals surface area contributed by atoms with Gasteiger partial charge in [-0.3, -0.25) is 4.79 Å². The third kappa shape index (κ3) is 4.56. The molecule has 94 valence electrons. The van der Waals surface area contributed by atoms with Crippen molar-refractivity contribution in [2.75, 3.05) is 12.8 Å². The largest absolute Gasteiger partial charge is 0.355 e. The normalized spacial score (nSPS) is 13.1. The van der Waals surface area contributed by atoms with Crippen LogP contribution in [-0.4, -0.2) is 32.4 Å². The van der Waals surface area contributed by atoms with Gasteiger partial charge < -0.3 is 5.32 Å². The van der Waals surface area contributed by atoms with E-state index in [1.807, 2.05) is 30.3 Å². The molecule has 1 N–H and O–H groups in total. The lowest BCUT2D eigenvalue weighted by atomic mass is 10.1. The lowest BCUT2D eigenvalue weighted by Crippen LogP contribution is -2.38. The first-order chi connectivity index (χ1) is 7.91. The van der Waals surface area contributed by atoms with E-state index in [1.165, 1.54) is 6.92 Å². The number of amides is 1. The molecular formula is C12H17NO3S. The van der Waals surface area contributed by atoms with Crippen LogP contribution in [0.4, 0.5) is 0 Å². The molecule has 0 aromatic heterocycles. The fraction of sp³-hybridized carbons (Fsp3) is 0.417. The van der Waals surface area contributed by atoms with Gasteiger partial charge in [0.15, 0.2) is 9.84 Å². The summed E-state index contributed by atoms with van der Waals surface area (Å²) in [5, 5.41) is 1.63. The fourth-order valence-corrected chi connectivity index (χ4v) is 1.79. The molecule has 4 nitrogen and oxygen atoms in total. The molecule has 0 bridgehead atoms. The maximum Gasteiger partial charge on any atom is 0.238 e. The van der Waals surface area contributed by atoms with Gasteiger partial charge in [0.05, 0.1) is 0 Å². The SMILES string of the molecule is C[C@@H](C(=O)NCCc1ccccc1)S(C)(=O)=O. The summed E-state index contributed by atoms with van der Waals surface area (Å²) in [5.41, 5.74) is 1.11. The number of carbonyl (C=O) groups is 1. The minimum Gasteiger partial charge on any atom is -0.355 e. The van der Waals surface area contributed by atoms with Gasteiger partial charge in [-0.15, -0.1) is 0 Å². The van der Waals surface area contributed by atoms with E-state index in [2.05, 4.69) is 5.32 Å². The van der Waals surface area contributed by atoms with E-state index < -0.39 is 21.0 Å². The Bertz CT molecular complexity index is 468. The Hall–Kier alpha value is -1.36. The second-order valence-corrected chi connectivity index (χ2v) is 6.36. The Kier molecular flexibility index (Phi) is 4.69.